The summed E-state index contributed by atoms with van der Waals surface area (Å²) in [5.74, 6) is 6.33. The molecule has 4 nitrogen and oxygen atoms in total. The molecule has 19 heavy (non-hydrogen) atoms. The van der Waals surface area contributed by atoms with Crippen LogP contribution in [-0.4, -0.2) is 20.7 Å². The van der Waals surface area contributed by atoms with Crippen LogP contribution in [0.4, 0.5) is 0 Å². The summed E-state index contributed by atoms with van der Waals surface area (Å²) in [6.07, 6.45) is 2.05. The van der Waals surface area contributed by atoms with Crippen molar-refractivity contribution in [1.29, 1.82) is 0 Å². The van der Waals surface area contributed by atoms with Gasteiger partial charge in [0.1, 0.15) is 0 Å². The van der Waals surface area contributed by atoms with E-state index in [9.17, 15) is 8.42 Å². The summed E-state index contributed by atoms with van der Waals surface area (Å²) in [6, 6.07) is 7.49. The summed E-state index contributed by atoms with van der Waals surface area (Å²) in [7, 11) is -3.18. The molecule has 0 radical (unpaired) electrons. The Morgan fingerprint density at radius 1 is 1.32 bits per heavy atom. The van der Waals surface area contributed by atoms with E-state index in [-0.39, 0.29) is 12.3 Å². The van der Waals surface area contributed by atoms with Crippen LogP contribution in [0.15, 0.2) is 24.3 Å². The zero-order chi connectivity index (χ0) is 13.7. The topological polar surface area (TPSA) is 72.2 Å². The van der Waals surface area contributed by atoms with Crippen molar-refractivity contribution in [3.05, 3.63) is 35.4 Å². The fourth-order valence-electron chi connectivity index (χ4n) is 1.78. The minimum absolute atomic E-state index is 0.240. The van der Waals surface area contributed by atoms with Gasteiger partial charge in [-0.15, -0.1) is 0 Å². The van der Waals surface area contributed by atoms with Crippen molar-refractivity contribution in [2.24, 2.45) is 11.7 Å². The maximum atomic E-state index is 11.8. The molecule has 1 saturated carbocycles. The minimum Gasteiger partial charge on any atom is -0.320 e. The van der Waals surface area contributed by atoms with Gasteiger partial charge >= 0.3 is 0 Å². The Kier molecular flexibility index (Phi) is 4.59. The first-order valence-electron chi connectivity index (χ1n) is 6.35. The number of benzene rings is 1. The molecule has 102 valence electrons. The van der Waals surface area contributed by atoms with E-state index in [0.29, 0.717) is 12.5 Å². The van der Waals surface area contributed by atoms with Crippen molar-refractivity contribution in [3.8, 4) is 11.8 Å². The van der Waals surface area contributed by atoms with Gasteiger partial charge in [-0.1, -0.05) is 30.0 Å². The summed E-state index contributed by atoms with van der Waals surface area (Å²) in [6.45, 7) is 0.576. The van der Waals surface area contributed by atoms with Crippen LogP contribution in [-0.2, 0) is 16.6 Å². The number of rotatable bonds is 5. The zero-order valence-electron chi connectivity index (χ0n) is 10.7. The van der Waals surface area contributed by atoms with Crippen molar-refractivity contribution in [2.45, 2.75) is 19.4 Å². The first-order valence-corrected chi connectivity index (χ1v) is 8.00. The van der Waals surface area contributed by atoms with Crippen molar-refractivity contribution >= 4 is 10.0 Å². The summed E-state index contributed by atoms with van der Waals surface area (Å²) < 4.78 is 26.3. The van der Waals surface area contributed by atoms with E-state index in [0.717, 1.165) is 24.0 Å². The number of nitrogens with two attached hydrogens (primary N) is 1. The average Bonchev–Trinajstić information content (AvgIpc) is 3.18. The Morgan fingerprint density at radius 2 is 2.05 bits per heavy atom. The highest BCUT2D eigenvalue weighted by Gasteiger charge is 2.27. The van der Waals surface area contributed by atoms with Gasteiger partial charge < -0.3 is 5.73 Å². The van der Waals surface area contributed by atoms with Gasteiger partial charge in [0.25, 0.3) is 0 Å². The van der Waals surface area contributed by atoms with Gasteiger partial charge in [-0.2, -0.15) is 0 Å². The van der Waals surface area contributed by atoms with Gasteiger partial charge in [-0.25, -0.2) is 13.1 Å². The third-order valence-corrected chi connectivity index (χ3v) is 4.47. The van der Waals surface area contributed by atoms with Crippen LogP contribution in [0, 0.1) is 17.8 Å². The van der Waals surface area contributed by atoms with Gasteiger partial charge in [0.15, 0.2) is 0 Å². The predicted molar refractivity (Wildman–Crippen MR) is 75.7 cm³/mol. The molecule has 1 aromatic rings. The molecule has 0 unspecified atom stereocenters. The minimum atomic E-state index is -3.18. The first-order chi connectivity index (χ1) is 9.11. The molecular weight excluding hydrogens is 260 g/mol. The predicted octanol–water partition coefficient (Wildman–Crippen LogP) is 0.826. The summed E-state index contributed by atoms with van der Waals surface area (Å²) in [5, 5.41) is 0. The molecular formula is C14H18N2O2S. The largest absolute Gasteiger partial charge is 0.320 e. The lowest BCUT2D eigenvalue weighted by atomic mass is 10.1. The van der Waals surface area contributed by atoms with E-state index >= 15 is 0 Å². The number of hydrogen-bond acceptors (Lipinski definition) is 3. The highest BCUT2D eigenvalue weighted by atomic mass is 32.2. The van der Waals surface area contributed by atoms with E-state index in [1.165, 1.54) is 0 Å². The Hall–Kier alpha value is -1.35. The Balaban J connectivity index is 2.02. The maximum absolute atomic E-state index is 11.8. The van der Waals surface area contributed by atoms with Crippen LogP contribution in [0.1, 0.15) is 24.0 Å². The molecule has 0 aliphatic heterocycles. The molecule has 1 aliphatic carbocycles. The fourth-order valence-corrected chi connectivity index (χ4v) is 3.23. The quantitative estimate of drug-likeness (QED) is 0.784. The molecule has 5 heteroatoms. The molecule has 0 amide bonds. The molecule has 2 rings (SSSR count). The maximum Gasteiger partial charge on any atom is 0.212 e. The molecule has 0 aromatic heterocycles. The van der Waals surface area contributed by atoms with Gasteiger partial charge in [-0.3, -0.25) is 0 Å². The van der Waals surface area contributed by atoms with Crippen molar-refractivity contribution < 1.29 is 8.42 Å². The average molecular weight is 278 g/mol. The summed E-state index contributed by atoms with van der Waals surface area (Å²) in [5.41, 5.74) is 7.05. The molecule has 0 atom stereocenters. The lowest BCUT2D eigenvalue weighted by Gasteiger charge is -2.07. The Labute approximate surface area is 114 Å². The fraction of sp³-hybridized carbons (Fsp3) is 0.429. The molecule has 3 N–H and O–H groups in total. The second kappa shape index (κ2) is 6.20. The Bertz CT molecular complexity index is 595. The SMILES string of the molecule is NCC#Cc1ccccc1CNS(=O)(=O)CC1CC1. The molecule has 1 aliphatic rings. The van der Waals surface area contributed by atoms with Crippen LogP contribution in [0.25, 0.3) is 0 Å². The van der Waals surface area contributed by atoms with Crippen molar-refractivity contribution in [3.63, 3.8) is 0 Å². The van der Waals surface area contributed by atoms with Crippen molar-refractivity contribution in [1.82, 2.24) is 4.72 Å². The highest BCUT2D eigenvalue weighted by molar-refractivity contribution is 7.89. The van der Waals surface area contributed by atoms with Crippen LogP contribution in [0.5, 0.6) is 0 Å². The molecule has 1 fully saturated rings. The van der Waals surface area contributed by atoms with Gasteiger partial charge in [0.05, 0.1) is 12.3 Å². The second-order valence-electron chi connectivity index (χ2n) is 4.71. The Morgan fingerprint density at radius 3 is 2.74 bits per heavy atom. The van der Waals surface area contributed by atoms with Gasteiger partial charge in [0, 0.05) is 12.1 Å². The zero-order valence-corrected chi connectivity index (χ0v) is 11.5. The van der Waals surface area contributed by atoms with E-state index < -0.39 is 10.0 Å². The van der Waals surface area contributed by atoms with E-state index in [1.54, 1.807) is 0 Å². The second-order valence-corrected chi connectivity index (χ2v) is 6.56. The molecule has 0 bridgehead atoms. The normalized spacial score (nSPS) is 14.8. The summed E-state index contributed by atoms with van der Waals surface area (Å²) in [4.78, 5) is 0. The molecule has 1 aromatic carbocycles. The third-order valence-electron chi connectivity index (χ3n) is 2.98. The van der Waals surface area contributed by atoms with Crippen LogP contribution in [0.3, 0.4) is 0 Å². The van der Waals surface area contributed by atoms with E-state index in [4.69, 9.17) is 5.73 Å². The molecule has 0 heterocycles. The van der Waals surface area contributed by atoms with Crippen LogP contribution < -0.4 is 10.5 Å². The first kappa shape index (κ1) is 14.1. The van der Waals surface area contributed by atoms with E-state index in [1.807, 2.05) is 24.3 Å². The monoisotopic (exact) mass is 278 g/mol. The number of hydrogen-bond donors (Lipinski definition) is 2. The van der Waals surface area contributed by atoms with Gasteiger partial charge in [-0.05, 0) is 30.4 Å². The van der Waals surface area contributed by atoms with Crippen LogP contribution >= 0.6 is 0 Å². The lowest BCUT2D eigenvalue weighted by Crippen LogP contribution is -2.27. The van der Waals surface area contributed by atoms with Gasteiger partial charge in [0.2, 0.25) is 10.0 Å². The smallest absolute Gasteiger partial charge is 0.212 e. The molecule has 0 spiro atoms. The summed E-state index contributed by atoms with van der Waals surface area (Å²) >= 11 is 0. The third kappa shape index (κ3) is 4.67. The lowest BCUT2D eigenvalue weighted by molar-refractivity contribution is 0.577. The van der Waals surface area contributed by atoms with E-state index in [2.05, 4.69) is 16.6 Å². The number of sulfonamides is 1. The van der Waals surface area contributed by atoms with Crippen LogP contribution in [0.2, 0.25) is 0 Å². The molecule has 0 saturated heterocycles. The van der Waals surface area contributed by atoms with Crippen molar-refractivity contribution in [2.75, 3.05) is 12.3 Å². The number of nitrogens with one attached hydrogen (secondary N) is 1. The highest BCUT2D eigenvalue weighted by Crippen LogP contribution is 2.30. The standard InChI is InChI=1S/C14H18N2O2S/c15-9-3-6-13-4-1-2-5-14(13)10-16-19(17,18)11-12-7-8-12/h1-2,4-5,12,16H,7-11,15H2.